The summed E-state index contributed by atoms with van der Waals surface area (Å²) < 4.78 is 59.4. The average Bonchev–Trinajstić information content (AvgIpc) is 2.83. The molecule has 11 nitrogen and oxygen atoms in total. The van der Waals surface area contributed by atoms with E-state index in [1.165, 1.54) is 11.8 Å². The highest BCUT2D eigenvalue weighted by molar-refractivity contribution is 5.76. The van der Waals surface area contributed by atoms with Gasteiger partial charge in [0.2, 0.25) is 6.29 Å². The maximum Gasteiger partial charge on any atom is 0.490 e. The maximum atomic E-state index is 12.5. The fourth-order valence-electron chi connectivity index (χ4n) is 3.21. The Bertz CT molecular complexity index is 899. The molecule has 3 atom stereocenters. The third-order valence-electron chi connectivity index (χ3n) is 4.99. The monoisotopic (exact) mass is 552 g/mol. The minimum absolute atomic E-state index is 0.0493. The Morgan fingerprint density at radius 1 is 1.13 bits per heavy atom. The summed E-state index contributed by atoms with van der Waals surface area (Å²) in [5, 5.41) is 10.0. The number of morpholine rings is 1. The molecule has 1 aromatic rings. The van der Waals surface area contributed by atoms with Crippen LogP contribution in [-0.2, 0) is 23.8 Å². The summed E-state index contributed by atoms with van der Waals surface area (Å²) in [5.41, 5.74) is 0. The minimum Gasteiger partial charge on any atom is -0.490 e. The van der Waals surface area contributed by atoms with E-state index in [0.29, 0.717) is 37.8 Å². The van der Waals surface area contributed by atoms with E-state index in [-0.39, 0.29) is 18.6 Å². The molecule has 1 aromatic carbocycles. The van der Waals surface area contributed by atoms with Gasteiger partial charge in [-0.05, 0) is 32.0 Å². The second-order valence-corrected chi connectivity index (χ2v) is 8.33. The number of benzene rings is 1. The number of esters is 1. The predicted molar refractivity (Wildman–Crippen MR) is 128 cm³/mol. The van der Waals surface area contributed by atoms with Gasteiger partial charge in [-0.2, -0.15) is 13.2 Å². The van der Waals surface area contributed by atoms with Crippen LogP contribution in [-0.4, -0.2) is 92.6 Å². The van der Waals surface area contributed by atoms with Crippen LogP contribution in [0.1, 0.15) is 27.7 Å². The number of ether oxygens (including phenoxy) is 5. The number of nitrogens with zero attached hydrogens (tertiary/aromatic N) is 1. The van der Waals surface area contributed by atoms with E-state index in [1.807, 2.05) is 45.0 Å². The normalized spacial score (nSPS) is 17.0. The molecular formula is C24H35F3N2O9. The maximum absolute atomic E-state index is 12.5. The second kappa shape index (κ2) is 15.9. The predicted octanol–water partition coefficient (Wildman–Crippen LogP) is 3.07. The molecule has 0 bridgehead atoms. The summed E-state index contributed by atoms with van der Waals surface area (Å²) in [4.78, 5) is 35.1. The van der Waals surface area contributed by atoms with Crippen LogP contribution in [0.2, 0.25) is 0 Å². The Balaban J connectivity index is 0.000000905. The molecule has 1 aliphatic heterocycles. The first-order chi connectivity index (χ1) is 17.8. The fraction of sp³-hybridized carbons (Fsp3) is 0.625. The average molecular weight is 553 g/mol. The molecule has 0 aromatic heterocycles. The standard InChI is InChI=1S/C22H34N2O7.C2HF3O2/c1-6-27-18-9-7-8-10-19(18)29-14-17-13-24(11-12-28-17)22(26)31-16(4)30-21(25)20(23-5)15(2)3;3-2(4,5)1(6)7/h7-10,15-17,20,23H,6,11-14H2,1-5H3;(H,6,7)/t16?,17?,20-;/m1./s1. The van der Waals surface area contributed by atoms with Gasteiger partial charge in [0.15, 0.2) is 11.5 Å². The van der Waals surface area contributed by atoms with Gasteiger partial charge < -0.3 is 39.0 Å². The quantitative estimate of drug-likeness (QED) is 0.330. The summed E-state index contributed by atoms with van der Waals surface area (Å²) in [6.07, 6.45) is -6.96. The van der Waals surface area contributed by atoms with Crippen molar-refractivity contribution in [3.05, 3.63) is 24.3 Å². The summed E-state index contributed by atoms with van der Waals surface area (Å²) in [6.45, 7) is 9.09. The van der Waals surface area contributed by atoms with Crippen LogP contribution >= 0.6 is 0 Å². The largest absolute Gasteiger partial charge is 0.490 e. The van der Waals surface area contributed by atoms with Gasteiger partial charge in [0.1, 0.15) is 18.8 Å². The lowest BCUT2D eigenvalue weighted by atomic mass is 10.1. The van der Waals surface area contributed by atoms with Crippen LogP contribution < -0.4 is 14.8 Å². The van der Waals surface area contributed by atoms with E-state index >= 15 is 0 Å². The van der Waals surface area contributed by atoms with Gasteiger partial charge in [-0.15, -0.1) is 0 Å². The number of rotatable bonds is 10. The number of para-hydroxylation sites is 2. The second-order valence-electron chi connectivity index (χ2n) is 8.33. The lowest BCUT2D eigenvalue weighted by Crippen LogP contribution is -2.49. The van der Waals surface area contributed by atoms with Crippen molar-refractivity contribution in [1.82, 2.24) is 10.2 Å². The Kier molecular flexibility index (Phi) is 13.7. The zero-order valence-corrected chi connectivity index (χ0v) is 21.9. The van der Waals surface area contributed by atoms with Crippen molar-refractivity contribution in [3.8, 4) is 11.5 Å². The molecule has 0 aliphatic carbocycles. The zero-order chi connectivity index (χ0) is 28.9. The molecule has 1 saturated heterocycles. The molecule has 0 saturated carbocycles. The Morgan fingerprint density at radius 3 is 2.21 bits per heavy atom. The van der Waals surface area contributed by atoms with Gasteiger partial charge in [0, 0.05) is 13.5 Å². The highest BCUT2D eigenvalue weighted by Gasteiger charge is 2.38. The Labute approximate surface area is 219 Å². The molecule has 216 valence electrons. The minimum atomic E-state index is -5.08. The summed E-state index contributed by atoms with van der Waals surface area (Å²) in [6, 6.07) is 6.94. The topological polar surface area (TPSA) is 133 Å². The van der Waals surface area contributed by atoms with Gasteiger partial charge in [0.05, 0.1) is 19.8 Å². The molecule has 1 heterocycles. The van der Waals surface area contributed by atoms with Gasteiger partial charge in [-0.1, -0.05) is 26.0 Å². The number of carboxylic acid groups (broad SMARTS) is 1. The molecule has 0 radical (unpaired) electrons. The number of nitrogens with one attached hydrogen (secondary N) is 1. The summed E-state index contributed by atoms with van der Waals surface area (Å²) >= 11 is 0. The first-order valence-corrected chi connectivity index (χ1v) is 11.9. The van der Waals surface area contributed by atoms with Crippen molar-refractivity contribution >= 4 is 18.0 Å². The van der Waals surface area contributed by atoms with Crippen molar-refractivity contribution in [3.63, 3.8) is 0 Å². The molecule has 0 spiro atoms. The number of hydrogen-bond donors (Lipinski definition) is 2. The zero-order valence-electron chi connectivity index (χ0n) is 21.9. The van der Waals surface area contributed by atoms with E-state index in [0.717, 1.165) is 0 Å². The van der Waals surface area contributed by atoms with Crippen LogP contribution in [0.5, 0.6) is 11.5 Å². The molecule has 2 rings (SSSR count). The van der Waals surface area contributed by atoms with Crippen molar-refractivity contribution in [2.24, 2.45) is 5.92 Å². The molecule has 1 aliphatic rings. The highest BCUT2D eigenvalue weighted by Crippen LogP contribution is 2.26. The van der Waals surface area contributed by atoms with Gasteiger partial charge in [-0.25, -0.2) is 9.59 Å². The molecule has 38 heavy (non-hydrogen) atoms. The first-order valence-electron chi connectivity index (χ1n) is 11.9. The lowest BCUT2D eigenvalue weighted by Gasteiger charge is -2.33. The third-order valence-corrected chi connectivity index (χ3v) is 4.99. The van der Waals surface area contributed by atoms with E-state index in [2.05, 4.69) is 5.32 Å². The van der Waals surface area contributed by atoms with Crippen LogP contribution in [0.15, 0.2) is 24.3 Å². The lowest BCUT2D eigenvalue weighted by molar-refractivity contribution is -0.192. The Hall–Kier alpha value is -3.26. The number of alkyl halides is 3. The smallest absolute Gasteiger partial charge is 0.490 e. The summed E-state index contributed by atoms with van der Waals surface area (Å²) in [7, 11) is 1.69. The van der Waals surface area contributed by atoms with Crippen molar-refractivity contribution < 1.29 is 56.3 Å². The van der Waals surface area contributed by atoms with Gasteiger partial charge in [-0.3, -0.25) is 4.79 Å². The number of likely N-dealkylation sites (N-methyl/N-ethyl adjacent to an activating group) is 1. The molecule has 14 heteroatoms. The van der Waals surface area contributed by atoms with Crippen molar-refractivity contribution in [2.45, 2.75) is 52.3 Å². The van der Waals surface area contributed by atoms with Crippen LogP contribution in [0.4, 0.5) is 18.0 Å². The number of halogens is 3. The van der Waals surface area contributed by atoms with Gasteiger partial charge >= 0.3 is 24.2 Å². The molecule has 2 N–H and O–H groups in total. The van der Waals surface area contributed by atoms with E-state index in [4.69, 9.17) is 33.6 Å². The molecule has 1 fully saturated rings. The van der Waals surface area contributed by atoms with Crippen LogP contribution in [0.3, 0.4) is 0 Å². The molecular weight excluding hydrogens is 517 g/mol. The SMILES string of the molecule is CCOc1ccccc1OCC1CN(C(=O)OC(C)OC(=O)[C@H](NC)C(C)C)CCO1.O=C(O)C(F)(F)F. The fourth-order valence-corrected chi connectivity index (χ4v) is 3.21. The number of aliphatic carboxylic acids is 1. The van der Waals surface area contributed by atoms with E-state index in [1.54, 1.807) is 7.05 Å². The van der Waals surface area contributed by atoms with Crippen LogP contribution in [0.25, 0.3) is 0 Å². The number of carbonyl (C=O) groups is 3. The van der Waals surface area contributed by atoms with Crippen molar-refractivity contribution in [1.29, 1.82) is 0 Å². The molecule has 2 unspecified atom stereocenters. The van der Waals surface area contributed by atoms with E-state index < -0.39 is 36.5 Å². The van der Waals surface area contributed by atoms with Crippen molar-refractivity contribution in [2.75, 3.05) is 40.0 Å². The number of hydrogen-bond acceptors (Lipinski definition) is 9. The van der Waals surface area contributed by atoms with Gasteiger partial charge in [0.25, 0.3) is 0 Å². The Morgan fingerprint density at radius 2 is 1.71 bits per heavy atom. The van der Waals surface area contributed by atoms with E-state index in [9.17, 15) is 22.8 Å². The summed E-state index contributed by atoms with van der Waals surface area (Å²) in [5.74, 6) is -1.88. The number of carboxylic acids is 1. The highest BCUT2D eigenvalue weighted by atomic mass is 19.4. The number of carbonyl (C=O) groups excluding carboxylic acids is 2. The van der Waals surface area contributed by atoms with Crippen LogP contribution in [0, 0.1) is 5.92 Å². The molecule has 1 amide bonds. The third kappa shape index (κ3) is 11.4. The number of amides is 1. The first kappa shape index (κ1) is 32.8.